The second kappa shape index (κ2) is 5.80. The Balaban J connectivity index is 3.05. The van der Waals surface area contributed by atoms with Crippen LogP contribution in [-0.2, 0) is 0 Å². The molecule has 0 saturated heterocycles. The van der Waals surface area contributed by atoms with Gasteiger partial charge in [-0.15, -0.1) is 0 Å². The molecule has 16 heavy (non-hydrogen) atoms. The molecule has 1 aromatic carbocycles. The lowest BCUT2D eigenvalue weighted by molar-refractivity contribution is -0.384. The SMILES string of the molecule is CC(C)C(=Cc1cccc([N+](=O)[O-])c1)CBr. The molecule has 0 aliphatic rings. The van der Waals surface area contributed by atoms with E-state index in [9.17, 15) is 10.1 Å². The molecule has 0 saturated carbocycles. The molecule has 0 amide bonds. The van der Waals surface area contributed by atoms with Crippen LogP contribution in [0, 0.1) is 16.0 Å². The van der Waals surface area contributed by atoms with E-state index in [-0.39, 0.29) is 10.6 Å². The largest absolute Gasteiger partial charge is 0.270 e. The summed E-state index contributed by atoms with van der Waals surface area (Å²) in [5, 5.41) is 11.4. The first-order chi connectivity index (χ1) is 7.54. The molecular formula is C12H14BrNO2. The second-order valence-electron chi connectivity index (χ2n) is 3.86. The number of nitro benzene ring substituents is 1. The quantitative estimate of drug-likeness (QED) is 0.476. The molecule has 0 aromatic heterocycles. The monoisotopic (exact) mass is 283 g/mol. The minimum absolute atomic E-state index is 0.131. The first kappa shape index (κ1) is 12.9. The number of hydrogen-bond acceptors (Lipinski definition) is 2. The Morgan fingerprint density at radius 2 is 2.25 bits per heavy atom. The van der Waals surface area contributed by atoms with Crippen LogP contribution in [0.2, 0.25) is 0 Å². The predicted octanol–water partition coefficient (Wildman–Crippen LogP) is 4.03. The maximum Gasteiger partial charge on any atom is 0.270 e. The van der Waals surface area contributed by atoms with Crippen molar-refractivity contribution in [2.45, 2.75) is 13.8 Å². The molecule has 0 bridgehead atoms. The summed E-state index contributed by atoms with van der Waals surface area (Å²) < 4.78 is 0. The Hall–Kier alpha value is -1.16. The number of allylic oxidation sites excluding steroid dienone is 1. The van der Waals surface area contributed by atoms with Crippen LogP contribution >= 0.6 is 15.9 Å². The summed E-state index contributed by atoms with van der Waals surface area (Å²) in [6.45, 7) is 4.20. The van der Waals surface area contributed by atoms with Gasteiger partial charge in [-0.3, -0.25) is 10.1 Å². The van der Waals surface area contributed by atoms with Gasteiger partial charge in [-0.05, 0) is 11.5 Å². The number of nitro groups is 1. The number of benzene rings is 1. The van der Waals surface area contributed by atoms with Gasteiger partial charge in [-0.1, -0.05) is 53.6 Å². The first-order valence-electron chi connectivity index (χ1n) is 5.05. The summed E-state index contributed by atoms with van der Waals surface area (Å²) in [4.78, 5) is 10.2. The molecule has 4 heteroatoms. The summed E-state index contributed by atoms with van der Waals surface area (Å²) in [5.41, 5.74) is 2.23. The Labute approximate surface area is 103 Å². The highest BCUT2D eigenvalue weighted by molar-refractivity contribution is 9.09. The van der Waals surface area contributed by atoms with Crippen LogP contribution in [0.1, 0.15) is 19.4 Å². The zero-order chi connectivity index (χ0) is 12.1. The molecule has 0 spiro atoms. The lowest BCUT2D eigenvalue weighted by Crippen LogP contribution is -1.95. The maximum absolute atomic E-state index is 10.6. The number of halogens is 1. The zero-order valence-electron chi connectivity index (χ0n) is 9.31. The van der Waals surface area contributed by atoms with E-state index in [1.807, 2.05) is 12.1 Å². The van der Waals surface area contributed by atoms with Crippen molar-refractivity contribution in [2.24, 2.45) is 5.92 Å². The van der Waals surface area contributed by atoms with Gasteiger partial charge in [0.25, 0.3) is 5.69 Å². The molecule has 86 valence electrons. The highest BCUT2D eigenvalue weighted by Gasteiger charge is 2.06. The van der Waals surface area contributed by atoms with Gasteiger partial charge in [0.15, 0.2) is 0 Å². The van der Waals surface area contributed by atoms with Crippen molar-refractivity contribution in [3.8, 4) is 0 Å². The summed E-state index contributed by atoms with van der Waals surface area (Å²) in [7, 11) is 0. The zero-order valence-corrected chi connectivity index (χ0v) is 10.9. The number of hydrogen-bond donors (Lipinski definition) is 0. The Bertz CT molecular complexity index is 413. The molecule has 0 aliphatic heterocycles. The van der Waals surface area contributed by atoms with E-state index >= 15 is 0 Å². The van der Waals surface area contributed by atoms with Gasteiger partial charge in [0.05, 0.1) is 4.92 Å². The average molecular weight is 284 g/mol. The van der Waals surface area contributed by atoms with E-state index in [1.54, 1.807) is 12.1 Å². The van der Waals surface area contributed by atoms with Gasteiger partial charge in [-0.25, -0.2) is 0 Å². The summed E-state index contributed by atoms with van der Waals surface area (Å²) >= 11 is 3.42. The van der Waals surface area contributed by atoms with E-state index in [4.69, 9.17) is 0 Å². The standard InChI is InChI=1S/C12H14BrNO2/c1-9(2)11(8-13)6-10-4-3-5-12(7-10)14(15)16/h3-7,9H,8H2,1-2H3. The third kappa shape index (κ3) is 3.45. The Morgan fingerprint density at radius 1 is 1.56 bits per heavy atom. The molecule has 0 radical (unpaired) electrons. The van der Waals surface area contributed by atoms with Crippen molar-refractivity contribution in [2.75, 3.05) is 5.33 Å². The third-order valence-electron chi connectivity index (χ3n) is 2.33. The fourth-order valence-corrected chi connectivity index (χ4v) is 2.11. The molecule has 0 fully saturated rings. The molecule has 0 N–H and O–H groups in total. The molecule has 0 atom stereocenters. The molecule has 0 unspecified atom stereocenters. The van der Waals surface area contributed by atoms with Crippen LogP contribution in [0.3, 0.4) is 0 Å². The van der Waals surface area contributed by atoms with E-state index in [0.29, 0.717) is 5.92 Å². The van der Waals surface area contributed by atoms with Gasteiger partial charge in [0, 0.05) is 17.5 Å². The van der Waals surface area contributed by atoms with Crippen molar-refractivity contribution >= 4 is 27.7 Å². The van der Waals surface area contributed by atoms with Gasteiger partial charge < -0.3 is 0 Å². The molecule has 0 aliphatic carbocycles. The van der Waals surface area contributed by atoms with Crippen molar-refractivity contribution < 1.29 is 4.92 Å². The first-order valence-corrected chi connectivity index (χ1v) is 6.17. The smallest absolute Gasteiger partial charge is 0.258 e. The fraction of sp³-hybridized carbons (Fsp3) is 0.333. The number of non-ortho nitro benzene ring substituents is 1. The summed E-state index contributed by atoms with van der Waals surface area (Å²) in [6.07, 6.45) is 1.99. The average Bonchev–Trinajstić information content (AvgIpc) is 2.25. The van der Waals surface area contributed by atoms with E-state index < -0.39 is 0 Å². The molecular weight excluding hydrogens is 270 g/mol. The van der Waals surface area contributed by atoms with Crippen molar-refractivity contribution in [1.82, 2.24) is 0 Å². The Kier molecular flexibility index (Phi) is 4.68. The van der Waals surface area contributed by atoms with Crippen LogP contribution < -0.4 is 0 Å². The Morgan fingerprint density at radius 3 is 2.75 bits per heavy atom. The fourth-order valence-electron chi connectivity index (χ4n) is 1.30. The minimum atomic E-state index is -0.374. The number of nitrogens with zero attached hydrogens (tertiary/aromatic N) is 1. The molecule has 1 aromatic rings. The van der Waals surface area contributed by atoms with Crippen LogP contribution in [0.15, 0.2) is 29.8 Å². The molecule has 0 heterocycles. The topological polar surface area (TPSA) is 43.1 Å². The summed E-state index contributed by atoms with van der Waals surface area (Å²) in [6, 6.07) is 6.67. The van der Waals surface area contributed by atoms with Gasteiger partial charge in [0.1, 0.15) is 0 Å². The predicted molar refractivity (Wildman–Crippen MR) is 69.7 cm³/mol. The van der Waals surface area contributed by atoms with E-state index in [1.165, 1.54) is 11.6 Å². The van der Waals surface area contributed by atoms with Crippen LogP contribution in [0.4, 0.5) is 5.69 Å². The van der Waals surface area contributed by atoms with Crippen molar-refractivity contribution in [3.63, 3.8) is 0 Å². The van der Waals surface area contributed by atoms with Gasteiger partial charge in [-0.2, -0.15) is 0 Å². The number of rotatable bonds is 4. The minimum Gasteiger partial charge on any atom is -0.258 e. The third-order valence-corrected chi connectivity index (χ3v) is 2.98. The highest BCUT2D eigenvalue weighted by Crippen LogP contribution is 2.20. The van der Waals surface area contributed by atoms with Crippen molar-refractivity contribution in [1.29, 1.82) is 0 Å². The lowest BCUT2D eigenvalue weighted by Gasteiger charge is -2.07. The number of alkyl halides is 1. The van der Waals surface area contributed by atoms with Gasteiger partial charge in [0.2, 0.25) is 0 Å². The van der Waals surface area contributed by atoms with Gasteiger partial charge >= 0.3 is 0 Å². The highest BCUT2D eigenvalue weighted by atomic mass is 79.9. The van der Waals surface area contributed by atoms with Crippen LogP contribution in [0.5, 0.6) is 0 Å². The van der Waals surface area contributed by atoms with Crippen LogP contribution in [0.25, 0.3) is 6.08 Å². The second-order valence-corrected chi connectivity index (χ2v) is 4.42. The van der Waals surface area contributed by atoms with E-state index in [2.05, 4.69) is 29.8 Å². The normalized spacial score (nSPS) is 11.9. The van der Waals surface area contributed by atoms with Crippen LogP contribution in [-0.4, -0.2) is 10.3 Å². The van der Waals surface area contributed by atoms with E-state index in [0.717, 1.165) is 10.9 Å². The van der Waals surface area contributed by atoms with Crippen molar-refractivity contribution in [3.05, 3.63) is 45.5 Å². The molecule has 1 rings (SSSR count). The lowest BCUT2D eigenvalue weighted by atomic mass is 10.0. The summed E-state index contributed by atoms with van der Waals surface area (Å²) in [5.74, 6) is 0.429. The maximum atomic E-state index is 10.6. The molecule has 3 nitrogen and oxygen atoms in total.